The maximum atomic E-state index is 16.6. The van der Waals surface area contributed by atoms with Gasteiger partial charge in [0, 0.05) is 28.2 Å². The van der Waals surface area contributed by atoms with Crippen molar-refractivity contribution < 1.29 is 116 Å². The van der Waals surface area contributed by atoms with Crippen LogP contribution in [-0.4, -0.2) is 143 Å². The first-order valence-electron chi connectivity index (χ1n) is 37.3. The van der Waals surface area contributed by atoms with Crippen molar-refractivity contribution in [3.8, 4) is 99.1 Å². The highest BCUT2D eigenvalue weighted by Crippen LogP contribution is 2.45. The Bertz CT molecular complexity index is 5740. The van der Waals surface area contributed by atoms with Crippen LogP contribution in [0.4, 0.5) is 57.1 Å². The number of para-hydroxylation sites is 7. The van der Waals surface area contributed by atoms with Crippen LogP contribution in [0.1, 0.15) is 0 Å². The van der Waals surface area contributed by atoms with Crippen LogP contribution < -0.4 is 49.8 Å². The van der Waals surface area contributed by atoms with Crippen molar-refractivity contribution in [1.82, 2.24) is 59.8 Å². The van der Waals surface area contributed by atoms with Crippen LogP contribution in [0.15, 0.2) is 322 Å². The third-order valence-electron chi connectivity index (χ3n) is 15.1. The van der Waals surface area contributed by atoms with Crippen molar-refractivity contribution in [2.75, 3.05) is 50.2 Å². The third-order valence-corrected chi connectivity index (χ3v) is 18.8. The van der Waals surface area contributed by atoms with Crippen LogP contribution in [0, 0.1) is 34.9 Å². The Hall–Kier alpha value is -14.3. The normalized spacial score (nSPS) is 9.55. The Labute approximate surface area is 780 Å². The lowest BCUT2D eigenvalue weighted by atomic mass is 9.80. The Balaban J connectivity index is 0.000000437. The standard InChI is InChI=1S/C33H22F2N3O3P.C21H13F2N3O2.C15H10ClN3O2.C6H5BF2O2.C6H6O.C3Cl3N3.7CH3F.H2O2/c34-28-22-21-27(29(35)30(28)42(39,25-17-9-3-10-18-25)26-19-11-4-12-20-26)31-36-32(40-23-13-5-1-6-14-23)38-33(37-31)41-24-15-7-2-8-16-24;22-14-11-12-17(18(23)13-14)19-24-20(27-15-7-3-1-4-8-15)26-21(25-19)28-16-9-5-2-6-10-16;16-13-17-14(20-11-7-3-1-4-8-11)19-15(18-13)21-12-9-5-2-6-10-12;8-4-1-2-5(7(10)11)6(9)3-4;7-6-4-2-1-3-5-6;4-1-7-2(5)9-3(6)8-1;8*1-2/h1-22H;1-13H;1-10H;1-3,10-11H;1-5,7H;;7*1H3;1-2H. The molecule has 5 N–H and O–H groups in total. The molecule has 0 aliphatic heterocycles. The van der Waals surface area contributed by atoms with Crippen LogP contribution in [0.25, 0.3) is 22.8 Å². The highest BCUT2D eigenvalue weighted by atomic mass is 35.5. The number of nitrogens with zero attached hydrogens (tertiary/aromatic N) is 12. The highest BCUT2D eigenvalue weighted by molar-refractivity contribution is 7.85. The minimum atomic E-state index is -4.02. The van der Waals surface area contributed by atoms with E-state index in [0.717, 1.165) is 30.3 Å². The minimum Gasteiger partial charge on any atom is -0.508 e. The molecule has 0 unspecified atom stereocenters. The minimum absolute atomic E-state index is 0.000000000000000444. The summed E-state index contributed by atoms with van der Waals surface area (Å²) in [7, 11) is -2.41. The molecule has 0 amide bonds. The van der Waals surface area contributed by atoms with Crippen LogP contribution in [0.3, 0.4) is 0 Å². The number of hydrogen-bond acceptors (Lipinski definition) is 24. The molecule has 12 aromatic carbocycles. The number of hydrogen-bond donors (Lipinski definition) is 5. The molecule has 0 radical (unpaired) electrons. The van der Waals surface area contributed by atoms with Crippen LogP contribution in [-0.2, 0) is 4.57 Å². The zero-order valence-corrected chi connectivity index (χ0v) is 74.9. The van der Waals surface area contributed by atoms with Gasteiger partial charge in [0.25, 0.3) is 0 Å². The van der Waals surface area contributed by atoms with Crippen molar-refractivity contribution in [3.63, 3.8) is 0 Å². The van der Waals surface area contributed by atoms with Gasteiger partial charge in [0.15, 0.2) is 18.8 Å². The van der Waals surface area contributed by atoms with E-state index in [4.69, 9.17) is 100 Å². The summed E-state index contributed by atoms with van der Waals surface area (Å²) in [5, 5.41) is 37.6. The number of rotatable bonds is 18. The second-order valence-electron chi connectivity index (χ2n) is 23.3. The van der Waals surface area contributed by atoms with Crippen molar-refractivity contribution >= 4 is 82.0 Å². The second kappa shape index (κ2) is 65.3. The summed E-state index contributed by atoms with van der Waals surface area (Å²) in [4.78, 5) is 47.6. The molecule has 4 aromatic heterocycles. The molecule has 134 heavy (non-hydrogen) atoms. The van der Waals surface area contributed by atoms with E-state index in [0.29, 0.717) is 96.6 Å². The summed E-state index contributed by atoms with van der Waals surface area (Å²) >= 11 is 21.8. The zero-order valence-electron chi connectivity index (χ0n) is 71.0. The molecule has 0 aliphatic rings. The molecule has 0 bridgehead atoms. The SMILES string of the molecule is CF.CF.CF.CF.CF.CF.CF.Clc1nc(Cl)nc(Cl)n1.Clc1nc(Oc2ccccc2)nc(Oc2ccccc2)n1.Fc1ccc(-c2nc(Oc3ccccc3)nc(Oc3ccccc3)n2)c(F)c1.O=P(c1ccccc1)(c1ccccc1)c1c(F)ccc(-c2nc(Oc3ccccc3)nc(Oc3ccccc3)n2)c1F.OB(O)c1ccc(F)cc1F.OO.Oc1ccccc1. The van der Waals surface area contributed by atoms with Gasteiger partial charge in [-0.3, -0.25) is 41.2 Å². The first kappa shape index (κ1) is 114. The van der Waals surface area contributed by atoms with E-state index in [1.165, 1.54) is 12.1 Å². The maximum Gasteiger partial charge on any atom is 0.491 e. The fourth-order valence-electron chi connectivity index (χ4n) is 9.87. The van der Waals surface area contributed by atoms with Crippen molar-refractivity contribution in [2.24, 2.45) is 0 Å². The Kier molecular flexibility index (Phi) is 55.4. The lowest BCUT2D eigenvalue weighted by Gasteiger charge is -2.22. The maximum absolute atomic E-state index is 16.6. The van der Waals surface area contributed by atoms with Gasteiger partial charge < -0.3 is 48.1 Å². The third kappa shape index (κ3) is 39.0. The molecule has 4 heterocycles. The molecule has 0 atom stereocenters. The van der Waals surface area contributed by atoms with Gasteiger partial charge >= 0.3 is 43.2 Å². The summed E-state index contributed by atoms with van der Waals surface area (Å²) in [5.41, 5.74) is -0.525. The fraction of sp³-hybridized carbons (Fsp3) is 0.0769. The number of benzene rings is 12. The lowest BCUT2D eigenvalue weighted by Crippen LogP contribution is -2.32. The summed E-state index contributed by atoms with van der Waals surface area (Å²) in [6, 6.07) is 86.5. The molecule has 702 valence electrons. The number of halogens is 17. The lowest BCUT2D eigenvalue weighted by molar-refractivity contribution is -0.176. The van der Waals surface area contributed by atoms with E-state index in [1.807, 2.05) is 66.7 Å². The summed E-state index contributed by atoms with van der Waals surface area (Å²) < 4.78 is 200. The molecule has 16 aromatic rings. The van der Waals surface area contributed by atoms with Gasteiger partial charge in [-0.1, -0.05) is 194 Å². The molecular weight excluding hydrogens is 1880 g/mol. The average molecular weight is 1960 g/mol. The smallest absolute Gasteiger partial charge is 0.491 e. The fourth-order valence-corrected chi connectivity index (χ4v) is 13.4. The molecule has 0 fully saturated rings. The van der Waals surface area contributed by atoms with Gasteiger partial charge in [-0.25, -0.2) is 26.3 Å². The summed E-state index contributed by atoms with van der Waals surface area (Å²) in [6.45, 7) is 0. The largest absolute Gasteiger partial charge is 0.508 e. The second-order valence-corrected chi connectivity index (χ2v) is 27.3. The van der Waals surface area contributed by atoms with Crippen LogP contribution in [0.2, 0.25) is 21.1 Å². The molecule has 0 spiro atoms. The molecular formula is C91H79BCl4F13N12O12P. The number of aromatic nitrogens is 12. The molecule has 16 rings (SSSR count). The van der Waals surface area contributed by atoms with E-state index in [2.05, 4.69) is 59.8 Å². The summed E-state index contributed by atoms with van der Waals surface area (Å²) in [5.74, 6) is -2.08. The van der Waals surface area contributed by atoms with E-state index in [-0.39, 0.29) is 96.0 Å². The number of phenolic OH excluding ortho intramolecular Hbond substituents is 1. The Morgan fingerprint density at radius 2 is 0.515 bits per heavy atom. The molecule has 24 nitrogen and oxygen atoms in total. The Morgan fingerprint density at radius 3 is 0.776 bits per heavy atom. The number of ether oxygens (including phenoxy) is 6. The predicted octanol–water partition coefficient (Wildman–Crippen LogP) is 23.5. The van der Waals surface area contributed by atoms with Crippen molar-refractivity contribution in [3.05, 3.63) is 378 Å². The van der Waals surface area contributed by atoms with Gasteiger partial charge in [0.05, 0.1) is 66.7 Å². The zero-order chi connectivity index (χ0) is 99.2. The van der Waals surface area contributed by atoms with Gasteiger partial charge in [-0.2, -0.15) is 44.9 Å². The number of alkyl halides is 7. The van der Waals surface area contributed by atoms with Crippen molar-refractivity contribution in [1.29, 1.82) is 0 Å². The monoisotopic (exact) mass is 1960 g/mol. The van der Waals surface area contributed by atoms with Gasteiger partial charge in [0.1, 0.15) is 75.1 Å². The quantitative estimate of drug-likeness (QED) is 0.0175. The molecule has 0 aliphatic carbocycles. The van der Waals surface area contributed by atoms with E-state index in [1.54, 1.807) is 206 Å². The predicted molar refractivity (Wildman–Crippen MR) is 487 cm³/mol. The van der Waals surface area contributed by atoms with Crippen LogP contribution >= 0.6 is 53.5 Å². The number of phenols is 1. The Morgan fingerprint density at radius 1 is 0.276 bits per heavy atom. The topological polar surface area (TPSA) is 328 Å². The molecule has 0 saturated heterocycles. The van der Waals surface area contributed by atoms with E-state index < -0.39 is 54.5 Å². The molecule has 43 heteroatoms. The van der Waals surface area contributed by atoms with Gasteiger partial charge in [0.2, 0.25) is 21.1 Å². The van der Waals surface area contributed by atoms with Crippen LogP contribution in [0.5, 0.6) is 76.3 Å². The van der Waals surface area contributed by atoms with E-state index >= 15 is 8.78 Å². The van der Waals surface area contributed by atoms with Crippen molar-refractivity contribution in [2.45, 2.75) is 0 Å². The van der Waals surface area contributed by atoms with Gasteiger partial charge in [-0.15, -0.1) is 15.0 Å². The van der Waals surface area contributed by atoms with E-state index in [9.17, 15) is 52.9 Å². The first-order chi connectivity index (χ1) is 65.2. The number of aromatic hydroxyl groups is 1. The first-order valence-corrected chi connectivity index (χ1v) is 40.5. The molecule has 0 saturated carbocycles. The average Bonchev–Trinajstić information content (AvgIpc) is 0.738. The van der Waals surface area contributed by atoms with Gasteiger partial charge in [-0.05, 0) is 162 Å². The highest BCUT2D eigenvalue weighted by Gasteiger charge is 2.37. The summed E-state index contributed by atoms with van der Waals surface area (Å²) in [6.07, 6.45) is 0.